The van der Waals surface area contributed by atoms with Crippen molar-refractivity contribution >= 4 is 17.4 Å². The van der Waals surface area contributed by atoms with Crippen LogP contribution in [0.2, 0.25) is 5.02 Å². The fourth-order valence-electron chi connectivity index (χ4n) is 1.75. The van der Waals surface area contributed by atoms with Gasteiger partial charge in [0, 0.05) is 5.02 Å². The Balaban J connectivity index is 2.43. The zero-order valence-corrected chi connectivity index (χ0v) is 11.6. The third-order valence-corrected chi connectivity index (χ3v) is 3.03. The van der Waals surface area contributed by atoms with Crippen LogP contribution in [0.25, 0.3) is 0 Å². The second-order valence-corrected chi connectivity index (χ2v) is 4.86. The van der Waals surface area contributed by atoms with Crippen molar-refractivity contribution in [2.75, 3.05) is 0 Å². The average molecular weight is 275 g/mol. The van der Waals surface area contributed by atoms with E-state index in [-0.39, 0.29) is 5.84 Å². The first kappa shape index (κ1) is 13.4. The van der Waals surface area contributed by atoms with Gasteiger partial charge >= 0.3 is 0 Å². The molecule has 2 aromatic carbocycles. The summed E-state index contributed by atoms with van der Waals surface area (Å²) in [5.74, 6) is 1.21. The molecule has 0 aliphatic carbocycles. The Kier molecular flexibility index (Phi) is 3.76. The molecular formula is C15H15ClN2O. The predicted octanol–water partition coefficient (Wildman–Crippen LogP) is 4.03. The molecule has 0 atom stereocenters. The number of nitrogens with two attached hydrogens (primary N) is 1. The van der Waals surface area contributed by atoms with Crippen LogP contribution in [-0.4, -0.2) is 5.84 Å². The minimum absolute atomic E-state index is 0.0154. The van der Waals surface area contributed by atoms with E-state index in [0.29, 0.717) is 22.1 Å². The van der Waals surface area contributed by atoms with E-state index in [0.717, 1.165) is 11.1 Å². The molecule has 0 unspecified atom stereocenters. The highest BCUT2D eigenvalue weighted by atomic mass is 35.5. The number of aryl methyl sites for hydroxylation is 2. The number of rotatable bonds is 3. The zero-order chi connectivity index (χ0) is 14.0. The molecule has 0 radical (unpaired) electrons. The minimum Gasteiger partial charge on any atom is -0.456 e. The lowest BCUT2D eigenvalue weighted by Crippen LogP contribution is -2.12. The van der Waals surface area contributed by atoms with Gasteiger partial charge in [-0.05, 0) is 43.7 Å². The van der Waals surface area contributed by atoms with Crippen LogP contribution in [0.3, 0.4) is 0 Å². The van der Waals surface area contributed by atoms with Gasteiger partial charge in [0.05, 0.1) is 5.56 Å². The van der Waals surface area contributed by atoms with E-state index in [1.54, 1.807) is 6.07 Å². The van der Waals surface area contributed by atoms with Crippen LogP contribution >= 0.6 is 11.6 Å². The van der Waals surface area contributed by atoms with Gasteiger partial charge in [0.25, 0.3) is 0 Å². The normalized spacial score (nSPS) is 10.3. The number of halogens is 1. The van der Waals surface area contributed by atoms with Gasteiger partial charge in [-0.1, -0.05) is 29.3 Å². The van der Waals surface area contributed by atoms with Crippen molar-refractivity contribution in [3.8, 4) is 11.5 Å². The third kappa shape index (κ3) is 3.06. The van der Waals surface area contributed by atoms with Crippen molar-refractivity contribution in [3.05, 3.63) is 58.1 Å². The summed E-state index contributed by atoms with van der Waals surface area (Å²) < 4.78 is 5.83. The van der Waals surface area contributed by atoms with Crippen LogP contribution in [0.15, 0.2) is 36.4 Å². The number of amidine groups is 1. The van der Waals surface area contributed by atoms with Gasteiger partial charge in [0.2, 0.25) is 0 Å². The molecule has 2 aromatic rings. The lowest BCUT2D eigenvalue weighted by atomic mass is 10.1. The SMILES string of the molecule is Cc1ccc(Oc2cc(Cl)ccc2C)c(C(=N)N)c1. The number of nitrogen functional groups attached to an aromatic ring is 1. The van der Waals surface area contributed by atoms with Gasteiger partial charge in [-0.2, -0.15) is 0 Å². The highest BCUT2D eigenvalue weighted by Crippen LogP contribution is 2.30. The molecule has 3 N–H and O–H groups in total. The van der Waals surface area contributed by atoms with E-state index in [1.807, 2.05) is 44.2 Å². The summed E-state index contributed by atoms with van der Waals surface area (Å²) >= 11 is 5.96. The number of nitrogens with one attached hydrogen (secondary N) is 1. The van der Waals surface area contributed by atoms with Gasteiger partial charge in [-0.25, -0.2) is 0 Å². The number of ether oxygens (including phenoxy) is 1. The van der Waals surface area contributed by atoms with E-state index in [1.165, 1.54) is 0 Å². The summed E-state index contributed by atoms with van der Waals surface area (Å²) in [6.07, 6.45) is 0. The van der Waals surface area contributed by atoms with Crippen molar-refractivity contribution in [2.24, 2.45) is 5.73 Å². The standard InChI is InChI=1S/C15H15ClN2O/c1-9-3-6-13(12(7-9)15(17)18)19-14-8-11(16)5-4-10(14)2/h3-8H,1-2H3,(H3,17,18). The first-order valence-corrected chi connectivity index (χ1v) is 6.24. The Morgan fingerprint density at radius 1 is 1.11 bits per heavy atom. The van der Waals surface area contributed by atoms with Gasteiger partial charge < -0.3 is 10.5 Å². The minimum atomic E-state index is -0.0154. The Hall–Kier alpha value is -2.00. The van der Waals surface area contributed by atoms with E-state index in [4.69, 9.17) is 27.5 Å². The molecule has 19 heavy (non-hydrogen) atoms. The molecule has 0 saturated carbocycles. The fraction of sp³-hybridized carbons (Fsp3) is 0.133. The molecule has 0 fully saturated rings. The van der Waals surface area contributed by atoms with Crippen LogP contribution < -0.4 is 10.5 Å². The monoisotopic (exact) mass is 274 g/mol. The van der Waals surface area contributed by atoms with E-state index < -0.39 is 0 Å². The van der Waals surface area contributed by atoms with Crippen molar-refractivity contribution in [1.82, 2.24) is 0 Å². The highest BCUT2D eigenvalue weighted by molar-refractivity contribution is 6.30. The predicted molar refractivity (Wildman–Crippen MR) is 78.5 cm³/mol. The van der Waals surface area contributed by atoms with Gasteiger partial charge in [-0.15, -0.1) is 0 Å². The second-order valence-electron chi connectivity index (χ2n) is 4.43. The van der Waals surface area contributed by atoms with Crippen molar-refractivity contribution < 1.29 is 4.74 Å². The smallest absolute Gasteiger partial charge is 0.138 e. The van der Waals surface area contributed by atoms with Crippen molar-refractivity contribution in [3.63, 3.8) is 0 Å². The molecular weight excluding hydrogens is 260 g/mol. The van der Waals surface area contributed by atoms with Gasteiger partial charge in [0.15, 0.2) is 0 Å². The summed E-state index contributed by atoms with van der Waals surface area (Å²) in [5, 5.41) is 8.21. The summed E-state index contributed by atoms with van der Waals surface area (Å²) in [6.45, 7) is 3.88. The molecule has 0 amide bonds. The average Bonchev–Trinajstić information content (AvgIpc) is 2.35. The van der Waals surface area contributed by atoms with Crippen molar-refractivity contribution in [2.45, 2.75) is 13.8 Å². The third-order valence-electron chi connectivity index (χ3n) is 2.80. The van der Waals surface area contributed by atoms with E-state index >= 15 is 0 Å². The number of hydrogen-bond donors (Lipinski definition) is 2. The molecule has 0 spiro atoms. The van der Waals surface area contributed by atoms with Gasteiger partial charge in [-0.3, -0.25) is 5.41 Å². The van der Waals surface area contributed by atoms with Crippen LogP contribution in [0, 0.1) is 19.3 Å². The summed E-state index contributed by atoms with van der Waals surface area (Å²) in [7, 11) is 0. The first-order valence-electron chi connectivity index (χ1n) is 5.86. The van der Waals surface area contributed by atoms with Crippen LogP contribution in [0.5, 0.6) is 11.5 Å². The van der Waals surface area contributed by atoms with Crippen LogP contribution in [-0.2, 0) is 0 Å². The van der Waals surface area contributed by atoms with Gasteiger partial charge in [0.1, 0.15) is 17.3 Å². The molecule has 0 aliphatic heterocycles. The maximum atomic E-state index is 7.61. The van der Waals surface area contributed by atoms with Crippen molar-refractivity contribution in [1.29, 1.82) is 5.41 Å². The lowest BCUT2D eigenvalue weighted by Gasteiger charge is -2.13. The van der Waals surface area contributed by atoms with Crippen LogP contribution in [0.4, 0.5) is 0 Å². The first-order chi connectivity index (χ1) is 8.97. The molecule has 98 valence electrons. The molecule has 0 aromatic heterocycles. The lowest BCUT2D eigenvalue weighted by molar-refractivity contribution is 0.477. The fourth-order valence-corrected chi connectivity index (χ4v) is 1.91. The Morgan fingerprint density at radius 3 is 2.53 bits per heavy atom. The maximum absolute atomic E-state index is 7.61. The molecule has 0 aliphatic rings. The molecule has 2 rings (SSSR count). The summed E-state index contributed by atoms with van der Waals surface area (Å²) in [5.41, 5.74) is 8.16. The van der Waals surface area contributed by atoms with E-state index in [2.05, 4.69) is 0 Å². The molecule has 0 saturated heterocycles. The topological polar surface area (TPSA) is 59.1 Å². The molecule has 0 heterocycles. The second kappa shape index (κ2) is 5.33. The molecule has 4 heteroatoms. The Bertz CT molecular complexity index is 638. The van der Waals surface area contributed by atoms with E-state index in [9.17, 15) is 0 Å². The van der Waals surface area contributed by atoms with Crippen LogP contribution in [0.1, 0.15) is 16.7 Å². The summed E-state index contributed by atoms with van der Waals surface area (Å²) in [4.78, 5) is 0. The zero-order valence-electron chi connectivity index (χ0n) is 10.8. The maximum Gasteiger partial charge on any atom is 0.138 e. The highest BCUT2D eigenvalue weighted by Gasteiger charge is 2.10. The molecule has 0 bridgehead atoms. The quantitative estimate of drug-likeness (QED) is 0.656. The largest absolute Gasteiger partial charge is 0.456 e. The Morgan fingerprint density at radius 2 is 1.84 bits per heavy atom. The molecule has 3 nitrogen and oxygen atoms in total. The Labute approximate surface area is 117 Å². The number of hydrogen-bond acceptors (Lipinski definition) is 2. The summed E-state index contributed by atoms with van der Waals surface area (Å²) in [6, 6.07) is 11.0. The number of benzene rings is 2.